The Balaban J connectivity index is 2.74. The Morgan fingerprint density at radius 1 is 1.32 bits per heavy atom. The lowest BCUT2D eigenvalue weighted by Gasteiger charge is -2.19. The Hall–Kier alpha value is -2.37. The molecular formula is C16H20FNO4. The van der Waals surface area contributed by atoms with Gasteiger partial charge in [-0.15, -0.1) is 0 Å². The highest BCUT2D eigenvalue weighted by Crippen LogP contribution is 2.18. The lowest BCUT2D eigenvalue weighted by molar-refractivity contribution is -0.137. The molecule has 1 aromatic carbocycles. The molecule has 0 saturated carbocycles. The van der Waals surface area contributed by atoms with E-state index >= 15 is 0 Å². The van der Waals surface area contributed by atoms with E-state index in [2.05, 4.69) is 5.32 Å². The van der Waals surface area contributed by atoms with Gasteiger partial charge < -0.3 is 9.47 Å². The van der Waals surface area contributed by atoms with E-state index in [0.29, 0.717) is 5.56 Å². The summed E-state index contributed by atoms with van der Waals surface area (Å²) in [6.45, 7) is 7.11. The van der Waals surface area contributed by atoms with Gasteiger partial charge in [-0.2, -0.15) is 0 Å². The van der Waals surface area contributed by atoms with Gasteiger partial charge in [-0.3, -0.25) is 5.32 Å². The van der Waals surface area contributed by atoms with Gasteiger partial charge >= 0.3 is 12.1 Å². The summed E-state index contributed by atoms with van der Waals surface area (Å²) >= 11 is 0. The van der Waals surface area contributed by atoms with Crippen LogP contribution in [0.1, 0.15) is 33.3 Å². The van der Waals surface area contributed by atoms with Gasteiger partial charge in [0.15, 0.2) is 0 Å². The van der Waals surface area contributed by atoms with Gasteiger partial charge in [-0.05, 0) is 51.5 Å². The molecule has 0 bridgehead atoms. The summed E-state index contributed by atoms with van der Waals surface area (Å²) < 4.78 is 23.7. The highest BCUT2D eigenvalue weighted by atomic mass is 19.1. The first kappa shape index (κ1) is 17.7. The van der Waals surface area contributed by atoms with Gasteiger partial charge in [0.2, 0.25) is 0 Å². The van der Waals surface area contributed by atoms with E-state index in [-0.39, 0.29) is 12.3 Å². The van der Waals surface area contributed by atoms with Crippen LogP contribution in [0.3, 0.4) is 0 Å². The Labute approximate surface area is 129 Å². The van der Waals surface area contributed by atoms with Gasteiger partial charge in [0.05, 0.1) is 12.3 Å². The van der Waals surface area contributed by atoms with Gasteiger partial charge in [-0.1, -0.05) is 6.07 Å². The summed E-state index contributed by atoms with van der Waals surface area (Å²) in [5.74, 6) is -1.13. The maximum absolute atomic E-state index is 13.9. The van der Waals surface area contributed by atoms with E-state index in [0.717, 1.165) is 0 Å². The molecule has 5 nitrogen and oxygen atoms in total. The van der Waals surface area contributed by atoms with Crippen LogP contribution < -0.4 is 5.32 Å². The summed E-state index contributed by atoms with van der Waals surface area (Å²) in [6.07, 6.45) is 1.90. The van der Waals surface area contributed by atoms with Crippen LogP contribution in [0.25, 0.3) is 6.08 Å². The molecule has 22 heavy (non-hydrogen) atoms. The molecule has 6 heteroatoms. The number of hydrogen-bond donors (Lipinski definition) is 1. The first-order chi connectivity index (χ1) is 10.2. The number of carbonyl (C=O) groups excluding carboxylic acids is 2. The number of ether oxygens (including phenoxy) is 2. The molecule has 0 aliphatic carbocycles. The monoisotopic (exact) mass is 309 g/mol. The van der Waals surface area contributed by atoms with E-state index in [4.69, 9.17) is 9.47 Å². The van der Waals surface area contributed by atoms with Crippen LogP contribution in [0.5, 0.6) is 0 Å². The fourth-order valence-electron chi connectivity index (χ4n) is 1.50. The maximum Gasteiger partial charge on any atom is 0.412 e. The summed E-state index contributed by atoms with van der Waals surface area (Å²) in [4.78, 5) is 22.7. The Morgan fingerprint density at radius 2 is 2.00 bits per heavy atom. The largest absolute Gasteiger partial charge is 0.463 e. The molecule has 0 atom stereocenters. The molecule has 0 aliphatic heterocycles. The molecular weight excluding hydrogens is 289 g/mol. The number of esters is 1. The number of halogens is 1. The van der Waals surface area contributed by atoms with E-state index in [1.54, 1.807) is 33.8 Å². The first-order valence-corrected chi connectivity index (χ1v) is 6.85. The third-order valence-electron chi connectivity index (χ3n) is 2.33. The highest BCUT2D eigenvalue weighted by Gasteiger charge is 2.17. The molecule has 0 fully saturated rings. The molecule has 0 heterocycles. The van der Waals surface area contributed by atoms with Gasteiger partial charge in [0.1, 0.15) is 11.4 Å². The lowest BCUT2D eigenvalue weighted by atomic mass is 10.2. The predicted molar refractivity (Wildman–Crippen MR) is 81.9 cm³/mol. The molecule has 0 spiro atoms. The summed E-state index contributed by atoms with van der Waals surface area (Å²) in [5.41, 5.74) is -0.189. The van der Waals surface area contributed by atoms with Crippen molar-refractivity contribution in [1.82, 2.24) is 0 Å². The molecule has 0 saturated heterocycles. The average Bonchev–Trinajstić information content (AvgIpc) is 2.37. The molecule has 0 aliphatic rings. The van der Waals surface area contributed by atoms with Crippen molar-refractivity contribution in [3.63, 3.8) is 0 Å². The van der Waals surface area contributed by atoms with E-state index in [9.17, 15) is 14.0 Å². The SMILES string of the molecule is CCOC(=O)C=Cc1ccc(NC(=O)OC(C)(C)C)c(F)c1. The number of rotatable bonds is 4. The zero-order chi connectivity index (χ0) is 16.8. The Bertz CT molecular complexity index is 576. The van der Waals surface area contributed by atoms with E-state index in [1.165, 1.54) is 24.3 Å². The predicted octanol–water partition coefficient (Wildman–Crippen LogP) is 3.75. The number of carbonyl (C=O) groups is 2. The molecule has 1 N–H and O–H groups in total. The highest BCUT2D eigenvalue weighted by molar-refractivity contribution is 5.88. The Morgan fingerprint density at radius 3 is 2.55 bits per heavy atom. The summed E-state index contributed by atoms with van der Waals surface area (Å²) in [5, 5.41) is 2.33. The second kappa shape index (κ2) is 7.59. The smallest absolute Gasteiger partial charge is 0.412 e. The molecule has 0 unspecified atom stereocenters. The van der Waals surface area contributed by atoms with Crippen molar-refractivity contribution in [2.75, 3.05) is 11.9 Å². The molecule has 120 valence electrons. The van der Waals surface area contributed by atoms with Gasteiger partial charge in [-0.25, -0.2) is 14.0 Å². The van der Waals surface area contributed by atoms with Crippen molar-refractivity contribution in [2.24, 2.45) is 0 Å². The minimum atomic E-state index is -0.735. The normalized spacial score (nSPS) is 11.3. The second-order valence-electron chi connectivity index (χ2n) is 5.45. The fraction of sp³-hybridized carbons (Fsp3) is 0.375. The number of benzene rings is 1. The zero-order valence-electron chi connectivity index (χ0n) is 13.1. The minimum Gasteiger partial charge on any atom is -0.463 e. The van der Waals surface area contributed by atoms with Crippen LogP contribution in [-0.2, 0) is 14.3 Å². The maximum atomic E-state index is 13.9. The zero-order valence-corrected chi connectivity index (χ0v) is 13.1. The minimum absolute atomic E-state index is 0.00235. The Kier molecular flexibility index (Phi) is 6.10. The molecule has 1 amide bonds. The van der Waals surface area contributed by atoms with Crippen LogP contribution in [0.15, 0.2) is 24.3 Å². The number of nitrogens with one attached hydrogen (secondary N) is 1. The van der Waals surface area contributed by atoms with E-state index < -0.39 is 23.5 Å². The van der Waals surface area contributed by atoms with Crippen molar-refractivity contribution in [3.05, 3.63) is 35.7 Å². The van der Waals surface area contributed by atoms with Crippen LogP contribution in [0.2, 0.25) is 0 Å². The van der Waals surface area contributed by atoms with Crippen molar-refractivity contribution in [2.45, 2.75) is 33.3 Å². The first-order valence-electron chi connectivity index (χ1n) is 6.85. The fourth-order valence-corrected chi connectivity index (χ4v) is 1.50. The average molecular weight is 309 g/mol. The van der Waals surface area contributed by atoms with Gasteiger partial charge in [0, 0.05) is 6.08 Å². The molecule has 1 aromatic rings. The number of anilines is 1. The van der Waals surface area contributed by atoms with Gasteiger partial charge in [0.25, 0.3) is 0 Å². The second-order valence-corrected chi connectivity index (χ2v) is 5.45. The van der Waals surface area contributed by atoms with Crippen molar-refractivity contribution >= 4 is 23.8 Å². The van der Waals surface area contributed by atoms with Crippen molar-refractivity contribution in [1.29, 1.82) is 0 Å². The van der Waals surface area contributed by atoms with E-state index in [1.807, 2.05) is 0 Å². The standard InChI is InChI=1S/C16H20FNO4/c1-5-21-14(19)9-7-11-6-8-13(12(17)10-11)18-15(20)22-16(2,3)4/h6-10H,5H2,1-4H3,(H,18,20). The number of hydrogen-bond acceptors (Lipinski definition) is 4. The van der Waals surface area contributed by atoms with Crippen LogP contribution in [0, 0.1) is 5.82 Å². The summed E-state index contributed by atoms with van der Waals surface area (Å²) in [7, 11) is 0. The van der Waals surface area contributed by atoms with Crippen LogP contribution in [0.4, 0.5) is 14.9 Å². The van der Waals surface area contributed by atoms with Crippen LogP contribution >= 0.6 is 0 Å². The van der Waals surface area contributed by atoms with Crippen molar-refractivity contribution < 1.29 is 23.5 Å². The summed E-state index contributed by atoms with van der Waals surface area (Å²) in [6, 6.07) is 4.15. The molecule has 0 radical (unpaired) electrons. The third-order valence-corrected chi connectivity index (χ3v) is 2.33. The quantitative estimate of drug-likeness (QED) is 0.679. The van der Waals surface area contributed by atoms with Crippen molar-refractivity contribution in [3.8, 4) is 0 Å². The lowest BCUT2D eigenvalue weighted by Crippen LogP contribution is -2.27. The molecule has 0 aromatic heterocycles. The number of amides is 1. The molecule has 1 rings (SSSR count). The van der Waals surface area contributed by atoms with Crippen LogP contribution in [-0.4, -0.2) is 24.3 Å². The third kappa shape index (κ3) is 6.39. The topological polar surface area (TPSA) is 64.6 Å².